The summed E-state index contributed by atoms with van der Waals surface area (Å²) in [4.78, 5) is 0. The van der Waals surface area contributed by atoms with Crippen molar-refractivity contribution in [3.8, 4) is 6.07 Å². The molecule has 0 radical (unpaired) electrons. The van der Waals surface area contributed by atoms with E-state index in [1.165, 1.54) is 24.8 Å². The first-order chi connectivity index (χ1) is 6.30. The van der Waals surface area contributed by atoms with Crippen molar-refractivity contribution in [2.24, 2.45) is 11.3 Å². The maximum absolute atomic E-state index is 8.53. The van der Waals surface area contributed by atoms with Crippen LogP contribution in [0.15, 0.2) is 36.5 Å². The number of allylic oxidation sites excluding steroid dienone is 5. The van der Waals surface area contributed by atoms with Crippen molar-refractivity contribution in [2.45, 2.75) is 19.3 Å². The van der Waals surface area contributed by atoms with Gasteiger partial charge in [0, 0.05) is 11.5 Å². The van der Waals surface area contributed by atoms with Gasteiger partial charge in [0.1, 0.15) is 0 Å². The highest BCUT2D eigenvalue weighted by Gasteiger charge is 2.43. The van der Waals surface area contributed by atoms with Crippen LogP contribution in [0.4, 0.5) is 0 Å². The summed E-state index contributed by atoms with van der Waals surface area (Å²) < 4.78 is 0. The highest BCUT2D eigenvalue weighted by Crippen LogP contribution is 2.54. The van der Waals surface area contributed by atoms with Crippen LogP contribution in [0.25, 0.3) is 0 Å². The van der Waals surface area contributed by atoms with Crippen LogP contribution < -0.4 is 0 Å². The van der Waals surface area contributed by atoms with E-state index in [1.807, 2.05) is 6.08 Å². The summed E-state index contributed by atoms with van der Waals surface area (Å²) in [5.74, 6) is 0.733. The van der Waals surface area contributed by atoms with E-state index in [9.17, 15) is 0 Å². The predicted molar refractivity (Wildman–Crippen MR) is 52.8 cm³/mol. The highest BCUT2D eigenvalue weighted by molar-refractivity contribution is 5.39. The minimum absolute atomic E-state index is 0.169. The second-order valence-corrected chi connectivity index (χ2v) is 3.95. The van der Waals surface area contributed by atoms with Crippen LogP contribution in [-0.2, 0) is 0 Å². The molecule has 0 N–H and O–H groups in total. The van der Waals surface area contributed by atoms with E-state index in [0.717, 1.165) is 5.92 Å². The summed E-state index contributed by atoms with van der Waals surface area (Å²) in [6, 6.07) is 2.07. The second kappa shape index (κ2) is 2.88. The molecule has 0 saturated heterocycles. The van der Waals surface area contributed by atoms with Gasteiger partial charge in [-0.15, -0.1) is 0 Å². The second-order valence-electron chi connectivity index (χ2n) is 3.95. The molecule has 1 fully saturated rings. The first kappa shape index (κ1) is 8.31. The fraction of sp³-hybridized carbons (Fsp3) is 0.417. The van der Waals surface area contributed by atoms with Crippen LogP contribution >= 0.6 is 0 Å². The molecule has 2 aliphatic rings. The SMILES string of the molecule is C=CC1=CC2CCC1(C=CC#N)C2. The van der Waals surface area contributed by atoms with Gasteiger partial charge >= 0.3 is 0 Å². The molecule has 2 unspecified atom stereocenters. The van der Waals surface area contributed by atoms with Gasteiger partial charge in [-0.3, -0.25) is 0 Å². The van der Waals surface area contributed by atoms with Gasteiger partial charge in [0.2, 0.25) is 0 Å². The molecule has 1 heteroatoms. The van der Waals surface area contributed by atoms with Gasteiger partial charge in [-0.2, -0.15) is 5.26 Å². The standard InChI is InChI=1S/C12H13N/c1-2-11-8-10-4-6-12(11,9-10)5-3-7-13/h2-3,5,8,10H,1,4,6,9H2. The molecule has 66 valence electrons. The van der Waals surface area contributed by atoms with Crippen molar-refractivity contribution < 1.29 is 0 Å². The fourth-order valence-corrected chi connectivity index (χ4v) is 2.65. The van der Waals surface area contributed by atoms with E-state index in [-0.39, 0.29) is 5.41 Å². The monoisotopic (exact) mass is 171 g/mol. The molecule has 1 nitrogen and oxygen atoms in total. The van der Waals surface area contributed by atoms with Crippen LogP contribution in [0.5, 0.6) is 0 Å². The van der Waals surface area contributed by atoms with Gasteiger partial charge in [-0.25, -0.2) is 0 Å². The van der Waals surface area contributed by atoms with Crippen molar-refractivity contribution in [2.75, 3.05) is 0 Å². The molecule has 0 amide bonds. The molecule has 2 bridgehead atoms. The Hall–Kier alpha value is -1.29. The molecule has 1 saturated carbocycles. The number of hydrogen-bond acceptors (Lipinski definition) is 1. The Kier molecular flexibility index (Phi) is 1.84. The fourth-order valence-electron chi connectivity index (χ4n) is 2.65. The van der Waals surface area contributed by atoms with Crippen molar-refractivity contribution in [1.29, 1.82) is 5.26 Å². The van der Waals surface area contributed by atoms with E-state index < -0.39 is 0 Å². The molecule has 0 spiro atoms. The smallest absolute Gasteiger partial charge is 0.0909 e. The van der Waals surface area contributed by atoms with Gasteiger partial charge < -0.3 is 0 Å². The first-order valence-corrected chi connectivity index (χ1v) is 4.73. The lowest BCUT2D eigenvalue weighted by atomic mass is 9.80. The number of hydrogen-bond donors (Lipinski definition) is 0. The Morgan fingerprint density at radius 1 is 1.69 bits per heavy atom. The molecule has 0 aliphatic heterocycles. The Balaban J connectivity index is 2.32. The lowest BCUT2D eigenvalue weighted by Crippen LogP contribution is -2.12. The van der Waals surface area contributed by atoms with Crippen molar-refractivity contribution in [3.05, 3.63) is 36.5 Å². The predicted octanol–water partition coefficient (Wildman–Crippen LogP) is 2.98. The summed E-state index contributed by atoms with van der Waals surface area (Å²) in [5.41, 5.74) is 1.50. The van der Waals surface area contributed by atoms with E-state index in [1.54, 1.807) is 6.08 Å². The Morgan fingerprint density at radius 3 is 3.15 bits per heavy atom. The number of nitriles is 1. The van der Waals surface area contributed by atoms with E-state index >= 15 is 0 Å². The zero-order valence-electron chi connectivity index (χ0n) is 7.66. The first-order valence-electron chi connectivity index (χ1n) is 4.73. The van der Waals surface area contributed by atoms with Crippen LogP contribution in [0.1, 0.15) is 19.3 Å². The van der Waals surface area contributed by atoms with Crippen LogP contribution in [0.2, 0.25) is 0 Å². The van der Waals surface area contributed by atoms with Crippen molar-refractivity contribution in [1.82, 2.24) is 0 Å². The van der Waals surface area contributed by atoms with Gasteiger partial charge in [-0.1, -0.05) is 24.8 Å². The van der Waals surface area contributed by atoms with Crippen LogP contribution in [0.3, 0.4) is 0 Å². The van der Waals surface area contributed by atoms with Gasteiger partial charge in [-0.05, 0) is 30.8 Å². The molecule has 13 heavy (non-hydrogen) atoms. The number of fused-ring (bicyclic) bond motifs is 2. The van der Waals surface area contributed by atoms with Gasteiger partial charge in [0.05, 0.1) is 6.07 Å². The van der Waals surface area contributed by atoms with Gasteiger partial charge in [0.25, 0.3) is 0 Å². The third-order valence-corrected chi connectivity index (χ3v) is 3.27. The molecular formula is C12H13N. The Morgan fingerprint density at radius 2 is 2.54 bits per heavy atom. The Labute approximate surface area is 79.1 Å². The minimum Gasteiger partial charge on any atom is -0.193 e. The number of nitrogens with zero attached hydrogens (tertiary/aromatic N) is 1. The molecule has 2 aliphatic carbocycles. The highest BCUT2D eigenvalue weighted by atomic mass is 14.5. The van der Waals surface area contributed by atoms with Crippen molar-refractivity contribution >= 4 is 0 Å². The minimum atomic E-state index is 0.169. The summed E-state index contributed by atoms with van der Waals surface area (Å²) in [5, 5.41) is 8.53. The third-order valence-electron chi connectivity index (χ3n) is 3.27. The molecule has 2 rings (SSSR count). The van der Waals surface area contributed by atoms with E-state index in [0.29, 0.717) is 0 Å². The maximum atomic E-state index is 8.53. The van der Waals surface area contributed by atoms with Crippen molar-refractivity contribution in [3.63, 3.8) is 0 Å². The third kappa shape index (κ3) is 1.14. The molecule has 0 aromatic rings. The lowest BCUT2D eigenvalue weighted by molar-refractivity contribution is 0.502. The molecule has 0 heterocycles. The zero-order valence-corrected chi connectivity index (χ0v) is 7.66. The molecule has 2 atom stereocenters. The quantitative estimate of drug-likeness (QED) is 0.586. The maximum Gasteiger partial charge on any atom is 0.0909 e. The molecule has 0 aromatic carbocycles. The largest absolute Gasteiger partial charge is 0.193 e. The zero-order chi connectivity index (χ0) is 9.31. The summed E-state index contributed by atoms with van der Waals surface area (Å²) in [7, 11) is 0. The summed E-state index contributed by atoms with van der Waals surface area (Å²) in [6.07, 6.45) is 11.6. The average Bonchev–Trinajstić information content (AvgIpc) is 2.71. The number of rotatable bonds is 2. The topological polar surface area (TPSA) is 23.8 Å². The van der Waals surface area contributed by atoms with Crippen LogP contribution in [0, 0.1) is 22.7 Å². The lowest BCUT2D eigenvalue weighted by Gasteiger charge is -2.23. The molecular weight excluding hydrogens is 158 g/mol. The average molecular weight is 171 g/mol. The summed E-state index contributed by atoms with van der Waals surface area (Å²) >= 11 is 0. The van der Waals surface area contributed by atoms with E-state index in [2.05, 4.69) is 24.8 Å². The molecule has 0 aromatic heterocycles. The van der Waals surface area contributed by atoms with Crippen LogP contribution in [-0.4, -0.2) is 0 Å². The van der Waals surface area contributed by atoms with Gasteiger partial charge in [0.15, 0.2) is 0 Å². The van der Waals surface area contributed by atoms with E-state index in [4.69, 9.17) is 5.26 Å². The summed E-state index contributed by atoms with van der Waals surface area (Å²) in [6.45, 7) is 3.83. The Bertz CT molecular complexity index is 330. The normalized spacial score (nSPS) is 36.2.